The molecule has 1 aromatic heterocycles. The maximum atomic E-state index is 11.4. The number of hydrogen-bond donors (Lipinski definition) is 1. The van der Waals surface area contributed by atoms with Gasteiger partial charge in [0.05, 0.1) is 20.6 Å². The number of thiazole rings is 1. The summed E-state index contributed by atoms with van der Waals surface area (Å²) in [6, 6.07) is 5.90. The molecule has 1 fully saturated rings. The Kier molecular flexibility index (Phi) is 2.45. The van der Waals surface area contributed by atoms with Crippen LogP contribution >= 0.6 is 11.3 Å². The van der Waals surface area contributed by atoms with Gasteiger partial charge in [-0.3, -0.25) is 4.79 Å². The Bertz CT molecular complexity index is 626. The van der Waals surface area contributed by atoms with Crippen molar-refractivity contribution in [3.63, 3.8) is 0 Å². The highest BCUT2D eigenvalue weighted by molar-refractivity contribution is 7.18. The van der Waals surface area contributed by atoms with E-state index in [1.54, 1.807) is 11.3 Å². The van der Waals surface area contributed by atoms with Crippen molar-refractivity contribution in [1.82, 2.24) is 4.98 Å². The van der Waals surface area contributed by atoms with Crippen molar-refractivity contribution in [2.45, 2.75) is 38.0 Å². The van der Waals surface area contributed by atoms with E-state index in [1.807, 2.05) is 18.2 Å². The van der Waals surface area contributed by atoms with Crippen LogP contribution in [-0.4, -0.2) is 16.1 Å². The fourth-order valence-corrected chi connectivity index (χ4v) is 3.32. The number of para-hydroxylation sites is 1. The summed E-state index contributed by atoms with van der Waals surface area (Å²) in [5, 5.41) is 10.5. The van der Waals surface area contributed by atoms with Gasteiger partial charge in [0, 0.05) is 5.92 Å². The molecular weight excluding hydrogens is 246 g/mol. The maximum absolute atomic E-state index is 11.4. The van der Waals surface area contributed by atoms with Gasteiger partial charge in [0.2, 0.25) is 0 Å². The molecule has 1 aliphatic rings. The lowest BCUT2D eigenvalue weighted by atomic mass is 9.95. The maximum Gasteiger partial charge on any atom is 0.314 e. The normalized spacial score (nSPS) is 17.3. The van der Waals surface area contributed by atoms with Crippen molar-refractivity contribution in [2.75, 3.05) is 0 Å². The number of fused-ring (bicyclic) bond motifs is 1. The molecule has 1 N–H and O–H groups in total. The van der Waals surface area contributed by atoms with Crippen LogP contribution in [0, 0.1) is 0 Å². The second-order valence-corrected chi connectivity index (χ2v) is 6.31. The summed E-state index contributed by atoms with van der Waals surface area (Å²) in [6.07, 6.45) is 1.46. The van der Waals surface area contributed by atoms with E-state index in [4.69, 9.17) is 0 Å². The number of carboxylic acid groups (broad SMARTS) is 1. The standard InChI is InChI=1S/C14H15NO2S/c1-8(2)12-15-11-9(4-3-5-10(11)18-12)14(6-7-14)13(16)17/h3-5,8H,6-7H2,1-2H3,(H,16,17). The second-order valence-electron chi connectivity index (χ2n) is 5.25. The quantitative estimate of drug-likeness (QED) is 0.919. The summed E-state index contributed by atoms with van der Waals surface area (Å²) >= 11 is 1.67. The molecule has 0 aliphatic heterocycles. The molecule has 94 valence electrons. The van der Waals surface area contributed by atoms with E-state index in [-0.39, 0.29) is 0 Å². The number of nitrogens with zero attached hydrogens (tertiary/aromatic N) is 1. The van der Waals surface area contributed by atoms with Gasteiger partial charge in [-0.1, -0.05) is 26.0 Å². The first-order chi connectivity index (χ1) is 8.54. The molecule has 0 unspecified atom stereocenters. The summed E-state index contributed by atoms with van der Waals surface area (Å²) in [6.45, 7) is 4.23. The molecule has 18 heavy (non-hydrogen) atoms. The molecule has 0 spiro atoms. The van der Waals surface area contributed by atoms with E-state index in [2.05, 4.69) is 18.8 Å². The largest absolute Gasteiger partial charge is 0.481 e. The molecular formula is C14H15NO2S. The van der Waals surface area contributed by atoms with E-state index < -0.39 is 11.4 Å². The molecule has 0 radical (unpaired) electrons. The minimum atomic E-state index is -0.714. The van der Waals surface area contributed by atoms with Crippen LogP contribution in [-0.2, 0) is 10.2 Å². The van der Waals surface area contributed by atoms with Crippen molar-refractivity contribution in [3.8, 4) is 0 Å². The second kappa shape index (κ2) is 3.79. The van der Waals surface area contributed by atoms with E-state index in [9.17, 15) is 9.90 Å². The predicted molar refractivity (Wildman–Crippen MR) is 72.3 cm³/mol. The zero-order valence-corrected chi connectivity index (χ0v) is 11.3. The van der Waals surface area contributed by atoms with Crippen LogP contribution in [0.15, 0.2) is 18.2 Å². The molecule has 2 aromatic rings. The molecule has 1 aliphatic carbocycles. The van der Waals surface area contributed by atoms with Crippen LogP contribution in [0.25, 0.3) is 10.2 Å². The lowest BCUT2D eigenvalue weighted by Gasteiger charge is -2.10. The molecule has 0 bridgehead atoms. The molecule has 0 atom stereocenters. The van der Waals surface area contributed by atoms with Gasteiger partial charge in [-0.25, -0.2) is 4.98 Å². The summed E-state index contributed by atoms with van der Waals surface area (Å²) < 4.78 is 1.10. The van der Waals surface area contributed by atoms with Crippen molar-refractivity contribution >= 4 is 27.5 Å². The van der Waals surface area contributed by atoms with E-state index in [0.717, 1.165) is 33.6 Å². The average molecular weight is 261 g/mol. The molecule has 0 saturated heterocycles. The van der Waals surface area contributed by atoms with Crippen molar-refractivity contribution in [1.29, 1.82) is 0 Å². The molecule has 4 heteroatoms. The van der Waals surface area contributed by atoms with Crippen LogP contribution in [0.1, 0.15) is 43.2 Å². The molecule has 1 saturated carbocycles. The molecule has 1 aromatic carbocycles. The third-order valence-corrected chi connectivity index (χ3v) is 4.93. The summed E-state index contributed by atoms with van der Waals surface area (Å²) in [7, 11) is 0. The summed E-state index contributed by atoms with van der Waals surface area (Å²) in [5.74, 6) is -0.329. The first-order valence-electron chi connectivity index (χ1n) is 6.18. The Morgan fingerprint density at radius 1 is 1.44 bits per heavy atom. The first-order valence-corrected chi connectivity index (χ1v) is 6.99. The fraction of sp³-hybridized carbons (Fsp3) is 0.429. The van der Waals surface area contributed by atoms with E-state index in [0.29, 0.717) is 5.92 Å². The minimum Gasteiger partial charge on any atom is -0.481 e. The third-order valence-electron chi connectivity index (χ3n) is 3.60. The molecule has 1 heterocycles. The van der Waals surface area contributed by atoms with Crippen molar-refractivity contribution in [2.24, 2.45) is 0 Å². The number of carbonyl (C=O) groups is 1. The van der Waals surface area contributed by atoms with Gasteiger partial charge in [-0.15, -0.1) is 11.3 Å². The molecule has 3 nitrogen and oxygen atoms in total. The number of carboxylic acids is 1. The minimum absolute atomic E-state index is 0.384. The van der Waals surface area contributed by atoms with Gasteiger partial charge in [0.15, 0.2) is 0 Å². The predicted octanol–water partition coefficient (Wildman–Crippen LogP) is 3.54. The smallest absolute Gasteiger partial charge is 0.314 e. The number of benzene rings is 1. The van der Waals surface area contributed by atoms with Crippen molar-refractivity contribution in [3.05, 3.63) is 28.8 Å². The van der Waals surface area contributed by atoms with Gasteiger partial charge >= 0.3 is 5.97 Å². The van der Waals surface area contributed by atoms with E-state index in [1.165, 1.54) is 0 Å². The van der Waals surface area contributed by atoms with Crippen LogP contribution in [0.4, 0.5) is 0 Å². The highest BCUT2D eigenvalue weighted by Crippen LogP contribution is 2.50. The first kappa shape index (κ1) is 11.7. The van der Waals surface area contributed by atoms with Crippen LogP contribution < -0.4 is 0 Å². The molecule has 0 amide bonds. The van der Waals surface area contributed by atoms with Crippen LogP contribution in [0.5, 0.6) is 0 Å². The van der Waals surface area contributed by atoms with Gasteiger partial charge in [-0.05, 0) is 24.5 Å². The highest BCUT2D eigenvalue weighted by atomic mass is 32.1. The Labute approximate surface area is 109 Å². The van der Waals surface area contributed by atoms with Crippen LogP contribution in [0.2, 0.25) is 0 Å². The lowest BCUT2D eigenvalue weighted by Crippen LogP contribution is -2.19. The SMILES string of the molecule is CC(C)c1nc2c(C3(C(=O)O)CC3)cccc2s1. The number of hydrogen-bond acceptors (Lipinski definition) is 3. The third kappa shape index (κ3) is 1.56. The average Bonchev–Trinajstić information content (AvgIpc) is 3.01. The zero-order chi connectivity index (χ0) is 12.9. The van der Waals surface area contributed by atoms with Crippen LogP contribution in [0.3, 0.4) is 0 Å². The fourth-order valence-electron chi connectivity index (χ4n) is 2.32. The number of aliphatic carboxylic acids is 1. The highest BCUT2D eigenvalue weighted by Gasteiger charge is 2.52. The van der Waals surface area contributed by atoms with Gasteiger partial charge in [0.25, 0.3) is 0 Å². The van der Waals surface area contributed by atoms with Gasteiger partial charge in [-0.2, -0.15) is 0 Å². The Morgan fingerprint density at radius 3 is 2.72 bits per heavy atom. The Balaban J connectivity index is 2.21. The van der Waals surface area contributed by atoms with Crippen molar-refractivity contribution < 1.29 is 9.90 Å². The number of aromatic nitrogens is 1. The molecule has 3 rings (SSSR count). The summed E-state index contributed by atoms with van der Waals surface area (Å²) in [4.78, 5) is 16.1. The zero-order valence-electron chi connectivity index (χ0n) is 10.4. The summed E-state index contributed by atoms with van der Waals surface area (Å²) in [5.41, 5.74) is 1.13. The van der Waals surface area contributed by atoms with Gasteiger partial charge in [0.1, 0.15) is 0 Å². The van der Waals surface area contributed by atoms with E-state index >= 15 is 0 Å². The Morgan fingerprint density at radius 2 is 2.17 bits per heavy atom. The monoisotopic (exact) mass is 261 g/mol. The van der Waals surface area contributed by atoms with Gasteiger partial charge < -0.3 is 5.11 Å². The number of rotatable bonds is 3. The Hall–Kier alpha value is -1.42. The lowest BCUT2D eigenvalue weighted by molar-refractivity contribution is -0.140. The topological polar surface area (TPSA) is 50.2 Å².